The smallest absolute Gasteiger partial charge is 0.410 e. The summed E-state index contributed by atoms with van der Waals surface area (Å²) in [5, 5.41) is 10.7. The van der Waals surface area contributed by atoms with Gasteiger partial charge >= 0.3 is 12.1 Å². The lowest BCUT2D eigenvalue weighted by molar-refractivity contribution is -0.384. The van der Waals surface area contributed by atoms with Crippen molar-refractivity contribution in [3.63, 3.8) is 0 Å². The van der Waals surface area contributed by atoms with E-state index in [1.54, 1.807) is 0 Å². The van der Waals surface area contributed by atoms with E-state index >= 15 is 0 Å². The second-order valence-electron chi connectivity index (χ2n) is 6.46. The molecule has 1 aliphatic rings. The normalized spacial score (nSPS) is 15.4. The van der Waals surface area contributed by atoms with E-state index in [0.29, 0.717) is 19.4 Å². The molecule has 0 saturated carbocycles. The topological polar surface area (TPSA) is 99.0 Å². The Balaban J connectivity index is 0.00000155. The van der Waals surface area contributed by atoms with Crippen molar-refractivity contribution >= 4 is 17.7 Å². The van der Waals surface area contributed by atoms with E-state index in [0.717, 1.165) is 5.56 Å². The minimum atomic E-state index is -0.570. The molecule has 160 valence electrons. The molecule has 8 heteroatoms. The number of nitro groups is 1. The molecule has 1 heterocycles. The molecular formula is C22H26N2O6. The lowest BCUT2D eigenvalue weighted by atomic mass is 10.1. The van der Waals surface area contributed by atoms with Crippen molar-refractivity contribution in [2.45, 2.75) is 39.4 Å². The third kappa shape index (κ3) is 6.58. The Morgan fingerprint density at radius 2 is 1.77 bits per heavy atom. The van der Waals surface area contributed by atoms with Gasteiger partial charge in [-0.3, -0.25) is 10.1 Å². The van der Waals surface area contributed by atoms with E-state index in [9.17, 15) is 19.7 Å². The summed E-state index contributed by atoms with van der Waals surface area (Å²) in [6, 6.07) is 14.6. The quantitative estimate of drug-likeness (QED) is 0.403. The Hall–Kier alpha value is -3.42. The molecule has 3 rings (SSSR count). The summed E-state index contributed by atoms with van der Waals surface area (Å²) in [6.45, 7) is 4.98. The number of non-ortho nitro benzene ring substituents is 1. The van der Waals surface area contributed by atoms with Gasteiger partial charge in [0.05, 0.1) is 17.0 Å². The fraction of sp³-hybridized carbons (Fsp3) is 0.364. The Morgan fingerprint density at radius 3 is 2.40 bits per heavy atom. The van der Waals surface area contributed by atoms with Crippen LogP contribution in [0.2, 0.25) is 0 Å². The number of hydrogen-bond donors (Lipinski definition) is 0. The molecule has 2 aromatic rings. The minimum absolute atomic E-state index is 0.0958. The summed E-state index contributed by atoms with van der Waals surface area (Å²) < 4.78 is 10.8. The van der Waals surface area contributed by atoms with Crippen molar-refractivity contribution in [3.05, 3.63) is 75.8 Å². The number of carbonyl (C=O) groups excluding carboxylic acids is 2. The summed E-state index contributed by atoms with van der Waals surface area (Å²) in [5.74, 6) is -0.570. The highest BCUT2D eigenvalue weighted by Crippen LogP contribution is 2.18. The summed E-state index contributed by atoms with van der Waals surface area (Å²) in [4.78, 5) is 36.2. The molecule has 1 atom stereocenters. The number of piperidine rings is 1. The fourth-order valence-corrected chi connectivity index (χ4v) is 2.95. The number of rotatable bonds is 5. The van der Waals surface area contributed by atoms with Crippen LogP contribution in [0.15, 0.2) is 54.6 Å². The molecule has 0 bridgehead atoms. The molecule has 0 unspecified atom stereocenters. The summed E-state index contributed by atoms with van der Waals surface area (Å²) in [7, 11) is 0. The van der Waals surface area contributed by atoms with Crippen molar-refractivity contribution in [1.29, 1.82) is 0 Å². The first-order chi connectivity index (χ1) is 14.5. The first kappa shape index (κ1) is 22.9. The van der Waals surface area contributed by atoms with Crippen LogP contribution in [0, 0.1) is 10.1 Å². The maximum atomic E-state index is 12.3. The fourth-order valence-electron chi connectivity index (χ4n) is 2.95. The molecule has 1 aliphatic heterocycles. The summed E-state index contributed by atoms with van der Waals surface area (Å²) in [5.41, 5.74) is 1.03. The SMILES string of the molecule is CC.O=C(O[C@@H]1CCCN(C(=O)OCc2ccccc2)C1)c1ccc([N+](=O)[O-])cc1. The summed E-state index contributed by atoms with van der Waals surface area (Å²) in [6.07, 6.45) is 0.445. The van der Waals surface area contributed by atoms with Gasteiger partial charge in [-0.2, -0.15) is 0 Å². The van der Waals surface area contributed by atoms with Crippen LogP contribution in [0.25, 0.3) is 0 Å². The molecule has 1 saturated heterocycles. The van der Waals surface area contributed by atoms with Crippen LogP contribution in [-0.2, 0) is 16.1 Å². The third-order valence-electron chi connectivity index (χ3n) is 4.43. The van der Waals surface area contributed by atoms with Crippen molar-refractivity contribution in [2.24, 2.45) is 0 Å². The molecule has 0 aliphatic carbocycles. The average Bonchev–Trinajstić information content (AvgIpc) is 2.79. The number of carbonyl (C=O) groups is 2. The molecule has 0 spiro atoms. The molecule has 0 N–H and O–H groups in total. The van der Waals surface area contributed by atoms with E-state index < -0.39 is 23.1 Å². The minimum Gasteiger partial charge on any atom is -0.457 e. The number of ether oxygens (including phenoxy) is 2. The average molecular weight is 414 g/mol. The number of amides is 1. The zero-order valence-corrected chi connectivity index (χ0v) is 17.2. The molecule has 8 nitrogen and oxygen atoms in total. The van der Waals surface area contributed by atoms with Gasteiger partial charge in [-0.05, 0) is 30.5 Å². The maximum absolute atomic E-state index is 12.3. The molecular weight excluding hydrogens is 388 g/mol. The number of nitrogens with zero attached hydrogens (tertiary/aromatic N) is 2. The van der Waals surface area contributed by atoms with Crippen LogP contribution >= 0.6 is 0 Å². The lowest BCUT2D eigenvalue weighted by Gasteiger charge is -2.31. The van der Waals surface area contributed by atoms with Crippen LogP contribution < -0.4 is 0 Å². The van der Waals surface area contributed by atoms with E-state index in [1.165, 1.54) is 29.2 Å². The van der Waals surface area contributed by atoms with Crippen LogP contribution in [-0.4, -0.2) is 41.1 Å². The highest BCUT2D eigenvalue weighted by molar-refractivity contribution is 5.89. The van der Waals surface area contributed by atoms with E-state index in [4.69, 9.17) is 9.47 Å². The van der Waals surface area contributed by atoms with Crippen LogP contribution in [0.3, 0.4) is 0 Å². The van der Waals surface area contributed by atoms with Gasteiger partial charge in [0.15, 0.2) is 0 Å². The largest absolute Gasteiger partial charge is 0.457 e. The highest BCUT2D eigenvalue weighted by Gasteiger charge is 2.27. The van der Waals surface area contributed by atoms with Crippen LogP contribution in [0.4, 0.5) is 10.5 Å². The molecule has 1 fully saturated rings. The van der Waals surface area contributed by atoms with E-state index in [1.807, 2.05) is 44.2 Å². The third-order valence-corrected chi connectivity index (χ3v) is 4.43. The van der Waals surface area contributed by atoms with Crippen molar-refractivity contribution < 1.29 is 24.0 Å². The van der Waals surface area contributed by atoms with Gasteiger partial charge in [0, 0.05) is 18.7 Å². The first-order valence-corrected chi connectivity index (χ1v) is 9.94. The van der Waals surface area contributed by atoms with Crippen molar-refractivity contribution in [2.75, 3.05) is 13.1 Å². The monoisotopic (exact) mass is 414 g/mol. The number of benzene rings is 2. The van der Waals surface area contributed by atoms with Gasteiger partial charge in [0.2, 0.25) is 0 Å². The molecule has 0 radical (unpaired) electrons. The Bertz CT molecular complexity index is 838. The number of hydrogen-bond acceptors (Lipinski definition) is 6. The predicted octanol–water partition coefficient (Wildman–Crippen LogP) is 4.58. The first-order valence-electron chi connectivity index (χ1n) is 9.94. The summed E-state index contributed by atoms with van der Waals surface area (Å²) >= 11 is 0. The van der Waals surface area contributed by atoms with Crippen LogP contribution in [0.5, 0.6) is 0 Å². The zero-order valence-electron chi connectivity index (χ0n) is 17.2. The second-order valence-corrected chi connectivity index (χ2v) is 6.46. The van der Waals surface area contributed by atoms with Crippen molar-refractivity contribution in [1.82, 2.24) is 4.90 Å². The lowest BCUT2D eigenvalue weighted by Crippen LogP contribution is -2.44. The van der Waals surface area contributed by atoms with Gasteiger partial charge in [-0.15, -0.1) is 0 Å². The van der Waals surface area contributed by atoms with Crippen LogP contribution in [0.1, 0.15) is 42.6 Å². The van der Waals surface area contributed by atoms with Gasteiger partial charge in [0.25, 0.3) is 5.69 Å². The predicted molar refractivity (Wildman–Crippen MR) is 111 cm³/mol. The Kier molecular flexibility index (Phi) is 8.80. The van der Waals surface area contributed by atoms with Gasteiger partial charge in [0.1, 0.15) is 12.7 Å². The molecule has 2 aromatic carbocycles. The van der Waals surface area contributed by atoms with Crippen molar-refractivity contribution in [3.8, 4) is 0 Å². The highest BCUT2D eigenvalue weighted by atomic mass is 16.6. The van der Waals surface area contributed by atoms with Gasteiger partial charge < -0.3 is 14.4 Å². The Morgan fingerprint density at radius 1 is 1.10 bits per heavy atom. The number of nitro benzene ring substituents is 1. The standard InChI is InChI=1S/C20H20N2O6.C2H6/c23-19(16-8-10-17(11-9-16)22(25)26)28-18-7-4-12-21(13-18)20(24)27-14-15-5-2-1-3-6-15;1-2/h1-3,5-6,8-11,18H,4,7,12-14H2;1-2H3/t18-;/m1./s1. The van der Waals surface area contributed by atoms with Gasteiger partial charge in [-0.1, -0.05) is 44.2 Å². The molecule has 0 aromatic heterocycles. The molecule has 1 amide bonds. The number of esters is 1. The Labute approximate surface area is 175 Å². The molecule has 30 heavy (non-hydrogen) atoms. The van der Waals surface area contributed by atoms with E-state index in [2.05, 4.69) is 0 Å². The number of likely N-dealkylation sites (tertiary alicyclic amines) is 1. The maximum Gasteiger partial charge on any atom is 0.410 e. The zero-order chi connectivity index (χ0) is 21.9. The van der Waals surface area contributed by atoms with E-state index in [-0.39, 0.29) is 24.4 Å². The van der Waals surface area contributed by atoms with Gasteiger partial charge in [-0.25, -0.2) is 9.59 Å². The second kappa shape index (κ2) is 11.5.